The highest BCUT2D eigenvalue weighted by Crippen LogP contribution is 2.12. The summed E-state index contributed by atoms with van der Waals surface area (Å²) in [4.78, 5) is 11.8. The SMILES string of the molecule is Cc1cc(N)ccc1C(=O)NCCC(C)C. The maximum absolute atomic E-state index is 11.8. The van der Waals surface area contributed by atoms with Gasteiger partial charge >= 0.3 is 0 Å². The maximum Gasteiger partial charge on any atom is 0.251 e. The molecule has 1 rings (SSSR count). The molecule has 0 bridgehead atoms. The molecular weight excluding hydrogens is 200 g/mol. The van der Waals surface area contributed by atoms with Gasteiger partial charge in [-0.25, -0.2) is 0 Å². The van der Waals surface area contributed by atoms with Crippen molar-refractivity contribution in [3.05, 3.63) is 29.3 Å². The lowest BCUT2D eigenvalue weighted by atomic mass is 10.1. The summed E-state index contributed by atoms with van der Waals surface area (Å²) in [5.41, 5.74) is 7.95. The Hall–Kier alpha value is -1.51. The van der Waals surface area contributed by atoms with Gasteiger partial charge in [0.05, 0.1) is 0 Å². The third kappa shape index (κ3) is 3.57. The predicted molar refractivity (Wildman–Crippen MR) is 67.4 cm³/mol. The van der Waals surface area contributed by atoms with Crippen LogP contribution in [0, 0.1) is 12.8 Å². The number of benzene rings is 1. The molecule has 0 heterocycles. The van der Waals surface area contributed by atoms with E-state index in [-0.39, 0.29) is 5.91 Å². The Kier molecular flexibility index (Phi) is 4.35. The number of hydrogen-bond acceptors (Lipinski definition) is 2. The van der Waals surface area contributed by atoms with E-state index in [0.717, 1.165) is 18.5 Å². The Bertz CT molecular complexity index is 372. The molecular formula is C13H20N2O. The molecule has 0 saturated heterocycles. The lowest BCUT2D eigenvalue weighted by Crippen LogP contribution is -2.26. The molecule has 0 spiro atoms. The highest BCUT2D eigenvalue weighted by Gasteiger charge is 2.08. The topological polar surface area (TPSA) is 55.1 Å². The van der Waals surface area contributed by atoms with Crippen LogP contribution in [0.1, 0.15) is 36.2 Å². The second-order valence-corrected chi connectivity index (χ2v) is 4.51. The number of nitrogens with one attached hydrogen (secondary N) is 1. The van der Waals surface area contributed by atoms with Gasteiger partial charge in [-0.1, -0.05) is 13.8 Å². The van der Waals surface area contributed by atoms with E-state index in [2.05, 4.69) is 19.2 Å². The number of nitrogen functional groups attached to an aromatic ring is 1. The molecule has 16 heavy (non-hydrogen) atoms. The van der Waals surface area contributed by atoms with Crippen molar-refractivity contribution in [1.29, 1.82) is 0 Å². The largest absolute Gasteiger partial charge is 0.399 e. The van der Waals surface area contributed by atoms with E-state index >= 15 is 0 Å². The molecule has 3 nitrogen and oxygen atoms in total. The Morgan fingerprint density at radius 3 is 2.69 bits per heavy atom. The number of carbonyl (C=O) groups is 1. The van der Waals surface area contributed by atoms with Gasteiger partial charge in [0.25, 0.3) is 5.91 Å². The van der Waals surface area contributed by atoms with E-state index in [1.165, 1.54) is 0 Å². The van der Waals surface area contributed by atoms with Gasteiger partial charge in [0.1, 0.15) is 0 Å². The zero-order valence-electron chi connectivity index (χ0n) is 10.2. The summed E-state index contributed by atoms with van der Waals surface area (Å²) in [6, 6.07) is 5.34. The molecule has 0 atom stereocenters. The van der Waals surface area contributed by atoms with Crippen LogP contribution in [-0.2, 0) is 0 Å². The van der Waals surface area contributed by atoms with E-state index in [1.54, 1.807) is 12.1 Å². The molecule has 0 aliphatic carbocycles. The molecule has 0 aliphatic rings. The van der Waals surface area contributed by atoms with Crippen LogP contribution >= 0.6 is 0 Å². The quantitative estimate of drug-likeness (QED) is 0.765. The third-order valence-corrected chi connectivity index (χ3v) is 2.50. The van der Waals surface area contributed by atoms with Crippen molar-refractivity contribution >= 4 is 11.6 Å². The van der Waals surface area contributed by atoms with Crippen molar-refractivity contribution in [1.82, 2.24) is 5.32 Å². The summed E-state index contributed by atoms with van der Waals surface area (Å²) in [6.45, 7) is 6.90. The van der Waals surface area contributed by atoms with Crippen LogP contribution in [0.5, 0.6) is 0 Å². The Balaban J connectivity index is 2.59. The smallest absolute Gasteiger partial charge is 0.251 e. The monoisotopic (exact) mass is 220 g/mol. The fraction of sp³-hybridized carbons (Fsp3) is 0.462. The van der Waals surface area contributed by atoms with Gasteiger partial charge in [0.2, 0.25) is 0 Å². The molecule has 1 aromatic rings. The number of carbonyl (C=O) groups excluding carboxylic acids is 1. The van der Waals surface area contributed by atoms with E-state index in [0.29, 0.717) is 17.2 Å². The first-order valence-corrected chi connectivity index (χ1v) is 5.65. The van der Waals surface area contributed by atoms with Crippen LogP contribution in [0.4, 0.5) is 5.69 Å². The van der Waals surface area contributed by atoms with Crippen LogP contribution in [0.3, 0.4) is 0 Å². The average molecular weight is 220 g/mol. The molecule has 3 heteroatoms. The lowest BCUT2D eigenvalue weighted by molar-refractivity contribution is 0.0951. The Labute approximate surface area is 97.0 Å². The van der Waals surface area contributed by atoms with Crippen molar-refractivity contribution in [3.8, 4) is 0 Å². The first-order valence-electron chi connectivity index (χ1n) is 5.65. The van der Waals surface area contributed by atoms with Gasteiger partial charge in [0, 0.05) is 17.8 Å². The number of nitrogens with two attached hydrogens (primary N) is 1. The van der Waals surface area contributed by atoms with Gasteiger partial charge in [-0.3, -0.25) is 4.79 Å². The molecule has 0 aliphatic heterocycles. The number of aryl methyl sites for hydroxylation is 1. The standard InChI is InChI=1S/C13H20N2O/c1-9(2)6-7-15-13(16)12-5-4-11(14)8-10(12)3/h4-5,8-9H,6-7,14H2,1-3H3,(H,15,16). The Morgan fingerprint density at radius 2 is 2.12 bits per heavy atom. The van der Waals surface area contributed by atoms with Crippen LogP contribution in [0.25, 0.3) is 0 Å². The molecule has 0 unspecified atom stereocenters. The van der Waals surface area contributed by atoms with Crippen molar-refractivity contribution in [3.63, 3.8) is 0 Å². The lowest BCUT2D eigenvalue weighted by Gasteiger charge is -2.09. The fourth-order valence-electron chi connectivity index (χ4n) is 1.51. The zero-order valence-corrected chi connectivity index (χ0v) is 10.2. The fourth-order valence-corrected chi connectivity index (χ4v) is 1.51. The molecule has 88 valence electrons. The Morgan fingerprint density at radius 1 is 1.44 bits per heavy atom. The van der Waals surface area contributed by atoms with Gasteiger partial charge in [-0.2, -0.15) is 0 Å². The van der Waals surface area contributed by atoms with Crippen molar-refractivity contribution in [2.75, 3.05) is 12.3 Å². The number of rotatable bonds is 4. The minimum absolute atomic E-state index is 0.0156. The second kappa shape index (κ2) is 5.54. The minimum Gasteiger partial charge on any atom is -0.399 e. The minimum atomic E-state index is -0.0156. The van der Waals surface area contributed by atoms with Crippen LogP contribution in [-0.4, -0.2) is 12.5 Å². The first-order chi connectivity index (χ1) is 7.50. The van der Waals surface area contributed by atoms with Gasteiger partial charge in [-0.15, -0.1) is 0 Å². The van der Waals surface area contributed by atoms with E-state index < -0.39 is 0 Å². The van der Waals surface area contributed by atoms with Gasteiger partial charge in [-0.05, 0) is 43.0 Å². The molecule has 3 N–H and O–H groups in total. The number of anilines is 1. The number of hydrogen-bond donors (Lipinski definition) is 2. The molecule has 0 radical (unpaired) electrons. The van der Waals surface area contributed by atoms with Gasteiger partial charge < -0.3 is 11.1 Å². The van der Waals surface area contributed by atoms with E-state index in [9.17, 15) is 4.79 Å². The average Bonchev–Trinajstić information content (AvgIpc) is 2.16. The van der Waals surface area contributed by atoms with Gasteiger partial charge in [0.15, 0.2) is 0 Å². The molecule has 1 aromatic carbocycles. The molecule has 0 fully saturated rings. The first kappa shape index (κ1) is 12.6. The zero-order chi connectivity index (χ0) is 12.1. The second-order valence-electron chi connectivity index (χ2n) is 4.51. The predicted octanol–water partition coefficient (Wildman–Crippen LogP) is 2.35. The summed E-state index contributed by atoms with van der Waals surface area (Å²) in [7, 11) is 0. The van der Waals surface area contributed by atoms with E-state index in [1.807, 2.05) is 13.0 Å². The normalized spacial score (nSPS) is 10.5. The summed E-state index contributed by atoms with van der Waals surface area (Å²) >= 11 is 0. The summed E-state index contributed by atoms with van der Waals surface area (Å²) < 4.78 is 0. The highest BCUT2D eigenvalue weighted by molar-refractivity contribution is 5.95. The molecule has 0 aromatic heterocycles. The molecule has 1 amide bonds. The number of amides is 1. The van der Waals surface area contributed by atoms with Crippen LogP contribution < -0.4 is 11.1 Å². The molecule has 0 saturated carbocycles. The van der Waals surface area contributed by atoms with Crippen molar-refractivity contribution < 1.29 is 4.79 Å². The van der Waals surface area contributed by atoms with Crippen molar-refractivity contribution in [2.24, 2.45) is 5.92 Å². The van der Waals surface area contributed by atoms with Crippen LogP contribution in [0.2, 0.25) is 0 Å². The summed E-state index contributed by atoms with van der Waals surface area (Å²) in [6.07, 6.45) is 1.000. The third-order valence-electron chi connectivity index (χ3n) is 2.50. The van der Waals surface area contributed by atoms with Crippen molar-refractivity contribution in [2.45, 2.75) is 27.2 Å². The highest BCUT2D eigenvalue weighted by atomic mass is 16.1. The summed E-state index contributed by atoms with van der Waals surface area (Å²) in [5.74, 6) is 0.589. The van der Waals surface area contributed by atoms with E-state index in [4.69, 9.17) is 5.73 Å². The summed E-state index contributed by atoms with van der Waals surface area (Å²) in [5, 5.41) is 2.91. The maximum atomic E-state index is 11.8. The van der Waals surface area contributed by atoms with Crippen LogP contribution in [0.15, 0.2) is 18.2 Å².